The lowest BCUT2D eigenvalue weighted by molar-refractivity contribution is -0.276. The molecule has 0 amide bonds. The molecule has 0 aliphatic carbocycles. The van der Waals surface area contributed by atoms with Gasteiger partial charge in [-0.25, -0.2) is 9.37 Å². The second kappa shape index (κ2) is 13.4. The fourth-order valence-electron chi connectivity index (χ4n) is 5.78. The highest BCUT2D eigenvalue weighted by Gasteiger charge is 2.40. The number of halogens is 4. The van der Waals surface area contributed by atoms with Crippen LogP contribution in [0.5, 0.6) is 5.75 Å². The van der Waals surface area contributed by atoms with E-state index in [1.165, 1.54) is 11.6 Å². The summed E-state index contributed by atoms with van der Waals surface area (Å²) in [4.78, 5) is 20.9. The van der Waals surface area contributed by atoms with Gasteiger partial charge in [-0.15, -0.1) is 13.2 Å². The van der Waals surface area contributed by atoms with Crippen molar-refractivity contribution in [1.82, 2.24) is 14.8 Å². The number of aromatic nitrogens is 1. The lowest BCUT2D eigenvalue weighted by Gasteiger charge is -2.29. The third-order valence-corrected chi connectivity index (χ3v) is 8.09. The monoisotopic (exact) mass is 580 g/mol. The second-order valence-corrected chi connectivity index (χ2v) is 11.4. The predicted molar refractivity (Wildman–Crippen MR) is 149 cm³/mol. The molecule has 226 valence electrons. The smallest absolute Gasteiger partial charge is 0.480 e. The van der Waals surface area contributed by atoms with Crippen LogP contribution < -0.4 is 10.1 Å². The van der Waals surface area contributed by atoms with Crippen LogP contribution in [0.1, 0.15) is 80.3 Å². The number of hydrogen-bond donors (Lipinski definition) is 2. The highest BCUT2D eigenvalue weighted by Crippen LogP contribution is 2.39. The minimum atomic E-state index is -5.15. The summed E-state index contributed by atoms with van der Waals surface area (Å²) in [5, 5.41) is 13.5. The summed E-state index contributed by atoms with van der Waals surface area (Å²) in [5.41, 5.74) is 2.46. The van der Waals surface area contributed by atoms with Crippen LogP contribution in [0.3, 0.4) is 0 Å². The van der Waals surface area contributed by atoms with Crippen LogP contribution in [0, 0.1) is 5.82 Å². The van der Waals surface area contributed by atoms with Crippen LogP contribution >= 0.6 is 0 Å². The fraction of sp³-hybridized carbons (Fsp3) is 0.600. The number of carbonyl (C=O) groups is 1. The van der Waals surface area contributed by atoms with Crippen molar-refractivity contribution in [2.75, 3.05) is 38.5 Å². The van der Waals surface area contributed by atoms with Crippen molar-refractivity contribution >= 4 is 11.8 Å². The molecule has 3 heterocycles. The van der Waals surface area contributed by atoms with E-state index in [4.69, 9.17) is 4.98 Å². The molecule has 0 saturated carbocycles. The number of likely N-dealkylation sites (tertiary alicyclic amines) is 1. The Bertz CT molecular complexity index is 1210. The van der Waals surface area contributed by atoms with Crippen LogP contribution in [-0.2, 0) is 17.6 Å². The molecule has 2 N–H and O–H groups in total. The molecular formula is C30H40F4N4O3. The molecule has 2 aromatic rings. The first-order valence-electron chi connectivity index (χ1n) is 14.4. The summed E-state index contributed by atoms with van der Waals surface area (Å²) in [7, 11) is 1.98. The normalized spacial score (nSPS) is 18.4. The number of fused-ring (bicyclic) bond motifs is 1. The number of likely N-dealkylation sites (N-methyl/N-ethyl adjacent to an activating group) is 1. The molecule has 1 aromatic carbocycles. The molecule has 11 heteroatoms. The molecule has 2 atom stereocenters. The Morgan fingerprint density at radius 3 is 2.73 bits per heavy atom. The van der Waals surface area contributed by atoms with E-state index in [0.29, 0.717) is 25.1 Å². The number of nitrogens with one attached hydrogen (secondary N) is 1. The minimum absolute atomic E-state index is 0.0374. The Morgan fingerprint density at radius 1 is 1.24 bits per heavy atom. The first kappa shape index (κ1) is 31.0. The number of unbranched alkanes of at least 4 members (excludes halogenated alkanes) is 2. The van der Waals surface area contributed by atoms with E-state index in [-0.39, 0.29) is 17.5 Å². The summed E-state index contributed by atoms with van der Waals surface area (Å²) in [6, 6.07) is 5.16. The molecule has 1 aromatic heterocycles. The molecule has 1 saturated heterocycles. The average molecular weight is 581 g/mol. The fourth-order valence-corrected chi connectivity index (χ4v) is 5.78. The van der Waals surface area contributed by atoms with Crippen LogP contribution in [0.4, 0.5) is 23.4 Å². The number of carboxylic acids is 1. The Hall–Kier alpha value is -2.92. The lowest BCUT2D eigenvalue weighted by atomic mass is 9.95. The summed E-state index contributed by atoms with van der Waals surface area (Å²) >= 11 is 0. The van der Waals surface area contributed by atoms with Crippen LogP contribution in [0.25, 0.3) is 0 Å². The topological polar surface area (TPSA) is 77.9 Å². The van der Waals surface area contributed by atoms with E-state index in [2.05, 4.69) is 27.1 Å². The van der Waals surface area contributed by atoms with Crippen LogP contribution in [0.2, 0.25) is 0 Å². The maximum absolute atomic E-state index is 14.9. The summed E-state index contributed by atoms with van der Waals surface area (Å²) in [6.07, 6.45) is 1.61. The van der Waals surface area contributed by atoms with Gasteiger partial charge in [0.1, 0.15) is 11.9 Å². The van der Waals surface area contributed by atoms with Crippen molar-refractivity contribution in [1.29, 1.82) is 0 Å². The largest absolute Gasteiger partial charge is 0.573 e. The third-order valence-electron chi connectivity index (χ3n) is 8.09. The van der Waals surface area contributed by atoms with Gasteiger partial charge >= 0.3 is 12.3 Å². The van der Waals surface area contributed by atoms with Crippen molar-refractivity contribution in [3.05, 3.63) is 52.5 Å². The Morgan fingerprint density at radius 2 is 2.02 bits per heavy atom. The first-order valence-corrected chi connectivity index (χ1v) is 14.4. The van der Waals surface area contributed by atoms with E-state index < -0.39 is 29.9 Å². The maximum Gasteiger partial charge on any atom is 0.573 e. The third kappa shape index (κ3) is 8.09. The highest BCUT2D eigenvalue weighted by atomic mass is 19.4. The zero-order valence-electron chi connectivity index (χ0n) is 23.9. The highest BCUT2D eigenvalue weighted by molar-refractivity contribution is 5.77. The number of rotatable bonds is 12. The first-order chi connectivity index (χ1) is 19.4. The van der Waals surface area contributed by atoms with Gasteiger partial charge in [-0.05, 0) is 87.4 Å². The van der Waals surface area contributed by atoms with E-state index in [1.54, 1.807) is 18.7 Å². The van der Waals surface area contributed by atoms with E-state index >= 15 is 0 Å². The molecule has 1 unspecified atom stereocenters. The molecule has 2 aliphatic heterocycles. The number of carboxylic acid groups (broad SMARTS) is 1. The number of benzene rings is 1. The van der Waals surface area contributed by atoms with E-state index in [9.17, 15) is 27.5 Å². The Kier molecular flexibility index (Phi) is 10.1. The van der Waals surface area contributed by atoms with Crippen molar-refractivity contribution in [2.45, 2.75) is 83.2 Å². The van der Waals surface area contributed by atoms with E-state index in [1.807, 2.05) is 7.05 Å². The summed E-state index contributed by atoms with van der Waals surface area (Å²) in [5.74, 6) is -2.84. The molecule has 0 spiro atoms. The number of ether oxygens (including phenoxy) is 1. The maximum atomic E-state index is 14.9. The number of pyridine rings is 1. The second-order valence-electron chi connectivity index (χ2n) is 11.4. The molecule has 0 bridgehead atoms. The quantitative estimate of drug-likeness (QED) is 0.231. The Labute approximate surface area is 238 Å². The van der Waals surface area contributed by atoms with Crippen molar-refractivity contribution < 1.29 is 32.2 Å². The van der Waals surface area contributed by atoms with Gasteiger partial charge in [0.05, 0.1) is 0 Å². The number of anilines is 1. The van der Waals surface area contributed by atoms with Gasteiger partial charge in [0.2, 0.25) is 0 Å². The van der Waals surface area contributed by atoms with Gasteiger partial charge in [-0.3, -0.25) is 9.69 Å². The van der Waals surface area contributed by atoms with Crippen LogP contribution in [0.15, 0.2) is 24.3 Å². The van der Waals surface area contributed by atoms with E-state index in [0.717, 1.165) is 69.2 Å². The predicted octanol–water partition coefficient (Wildman–Crippen LogP) is 6.15. The molecule has 0 radical (unpaired) electrons. The number of hydrogen-bond acceptors (Lipinski definition) is 6. The van der Waals surface area contributed by atoms with Crippen molar-refractivity contribution in [2.24, 2.45) is 0 Å². The number of aryl methyl sites for hydroxylation is 2. The number of aliphatic carboxylic acids is 1. The molecule has 4 rings (SSSR count). The van der Waals surface area contributed by atoms with Gasteiger partial charge in [0, 0.05) is 36.9 Å². The zero-order chi connectivity index (χ0) is 29.7. The zero-order valence-corrected chi connectivity index (χ0v) is 23.9. The SMILES string of the molecule is CC(C)c1cc(F)c(OC(F)(F)F)c(C(C(=O)O)N2CC[C@@H](N(C)CCCCCc3ccc4c(n3)NCCC4)C2)c1. The molecule has 1 fully saturated rings. The minimum Gasteiger partial charge on any atom is -0.480 e. The number of alkyl halides is 3. The molecule has 41 heavy (non-hydrogen) atoms. The van der Waals surface area contributed by atoms with Gasteiger partial charge in [-0.2, -0.15) is 0 Å². The lowest BCUT2D eigenvalue weighted by Crippen LogP contribution is -2.38. The van der Waals surface area contributed by atoms with Crippen LogP contribution in [-0.4, -0.2) is 71.5 Å². The van der Waals surface area contributed by atoms with Gasteiger partial charge in [0.15, 0.2) is 11.6 Å². The molecule has 7 nitrogen and oxygen atoms in total. The van der Waals surface area contributed by atoms with Gasteiger partial charge in [-0.1, -0.05) is 26.3 Å². The number of nitrogens with zero attached hydrogens (tertiary/aromatic N) is 3. The molecule has 2 aliphatic rings. The Balaban J connectivity index is 1.34. The van der Waals surface area contributed by atoms with Gasteiger partial charge in [0.25, 0.3) is 0 Å². The van der Waals surface area contributed by atoms with Gasteiger partial charge < -0.3 is 20.1 Å². The summed E-state index contributed by atoms with van der Waals surface area (Å²) in [6.45, 7) is 6.02. The molecular weight excluding hydrogens is 540 g/mol. The average Bonchev–Trinajstić information content (AvgIpc) is 3.39. The van der Waals surface area contributed by atoms with Crippen molar-refractivity contribution in [3.8, 4) is 5.75 Å². The summed E-state index contributed by atoms with van der Waals surface area (Å²) < 4.78 is 58.3. The van der Waals surface area contributed by atoms with Crippen molar-refractivity contribution in [3.63, 3.8) is 0 Å². The standard InChI is InChI=1S/C30H40F4N4O3/c1-19(2)21-16-24(27(25(31)17-21)41-30(32,33)34)26(29(39)40)38-15-12-23(18-38)37(3)14-6-4-5-9-22-11-10-20-8-7-13-35-28(20)36-22/h10-11,16-17,19,23,26H,4-9,12-15,18H2,1-3H3,(H,35,36)(H,39,40)/t23-,26?/m1/s1.